The van der Waals surface area contributed by atoms with Gasteiger partial charge in [-0.1, -0.05) is 47.0 Å². The van der Waals surface area contributed by atoms with Gasteiger partial charge in [0.05, 0.1) is 6.10 Å². The molecule has 2 nitrogen and oxygen atoms in total. The van der Waals surface area contributed by atoms with Crippen LogP contribution in [0.5, 0.6) is 0 Å². The predicted molar refractivity (Wildman–Crippen MR) is 78.4 cm³/mol. The van der Waals surface area contributed by atoms with E-state index in [0.717, 1.165) is 19.5 Å². The molecule has 0 spiro atoms. The fraction of sp³-hybridized carbons (Fsp3) is 0.600. The molecular weight excluding hydrogens is 290 g/mol. The second-order valence-electron chi connectivity index (χ2n) is 5.40. The van der Waals surface area contributed by atoms with Crippen LogP contribution in [-0.4, -0.2) is 29.7 Å². The Morgan fingerprint density at radius 2 is 2.00 bits per heavy atom. The van der Waals surface area contributed by atoms with Crippen LogP contribution in [0.25, 0.3) is 0 Å². The van der Waals surface area contributed by atoms with Gasteiger partial charge >= 0.3 is 0 Å². The molecule has 3 heteroatoms. The van der Waals surface area contributed by atoms with Crippen LogP contribution >= 0.6 is 15.9 Å². The maximum Gasteiger partial charge on any atom is 0.0580 e. The lowest BCUT2D eigenvalue weighted by molar-refractivity contribution is 0.0501. The molecule has 2 unspecified atom stereocenters. The van der Waals surface area contributed by atoms with Gasteiger partial charge in [-0.25, -0.2) is 0 Å². The van der Waals surface area contributed by atoms with Gasteiger partial charge in [-0.05, 0) is 37.4 Å². The smallest absolute Gasteiger partial charge is 0.0580 e. The van der Waals surface area contributed by atoms with E-state index in [1.807, 2.05) is 6.07 Å². The molecule has 100 valence electrons. The highest BCUT2D eigenvalue weighted by Gasteiger charge is 2.24. The van der Waals surface area contributed by atoms with Gasteiger partial charge in [-0.2, -0.15) is 0 Å². The topological polar surface area (TPSA) is 23.5 Å². The standard InChI is InChI=1S/C15H22BrNO/c1-17(10-12-6-2-4-8-14(12)16)11-13-7-3-5-9-15(13)18/h2,4,6,8,13,15,18H,3,5,7,9-11H2,1H3. The zero-order valence-electron chi connectivity index (χ0n) is 11.0. The summed E-state index contributed by atoms with van der Waals surface area (Å²) in [6, 6.07) is 8.35. The maximum atomic E-state index is 10.0. The van der Waals surface area contributed by atoms with Gasteiger partial charge in [0, 0.05) is 17.6 Å². The van der Waals surface area contributed by atoms with Gasteiger partial charge < -0.3 is 10.0 Å². The summed E-state index contributed by atoms with van der Waals surface area (Å²) in [6.07, 6.45) is 4.51. The summed E-state index contributed by atoms with van der Waals surface area (Å²) in [5.74, 6) is 0.450. The van der Waals surface area contributed by atoms with Crippen LogP contribution < -0.4 is 0 Å². The van der Waals surface area contributed by atoms with Crippen molar-refractivity contribution in [2.75, 3.05) is 13.6 Å². The zero-order chi connectivity index (χ0) is 13.0. The predicted octanol–water partition coefficient (Wildman–Crippen LogP) is 3.43. The second kappa shape index (κ2) is 6.69. The highest BCUT2D eigenvalue weighted by Crippen LogP contribution is 2.25. The maximum absolute atomic E-state index is 10.0. The summed E-state index contributed by atoms with van der Waals surface area (Å²) >= 11 is 3.59. The van der Waals surface area contributed by atoms with Gasteiger partial charge in [-0.15, -0.1) is 0 Å². The van der Waals surface area contributed by atoms with E-state index in [0.29, 0.717) is 5.92 Å². The van der Waals surface area contributed by atoms with Gasteiger partial charge in [0.25, 0.3) is 0 Å². The van der Waals surface area contributed by atoms with Crippen molar-refractivity contribution in [2.24, 2.45) is 5.92 Å². The second-order valence-corrected chi connectivity index (χ2v) is 6.25. The molecule has 1 aromatic rings. The monoisotopic (exact) mass is 311 g/mol. The Labute approximate surface area is 118 Å². The molecule has 1 saturated carbocycles. The van der Waals surface area contributed by atoms with Crippen LogP contribution in [0, 0.1) is 5.92 Å². The van der Waals surface area contributed by atoms with E-state index in [1.54, 1.807) is 0 Å². The Balaban J connectivity index is 1.88. The summed E-state index contributed by atoms with van der Waals surface area (Å²) in [4.78, 5) is 2.32. The molecule has 0 aromatic heterocycles. The normalized spacial score (nSPS) is 24.4. The number of hydrogen-bond acceptors (Lipinski definition) is 2. The fourth-order valence-corrected chi connectivity index (χ4v) is 3.19. The van der Waals surface area contributed by atoms with Crippen LogP contribution in [0.4, 0.5) is 0 Å². The Morgan fingerprint density at radius 3 is 2.72 bits per heavy atom. The minimum atomic E-state index is -0.0968. The number of aliphatic hydroxyl groups is 1. The summed E-state index contributed by atoms with van der Waals surface area (Å²) < 4.78 is 1.17. The first-order valence-corrected chi connectivity index (χ1v) is 7.56. The minimum Gasteiger partial charge on any atom is -0.393 e. The first-order valence-electron chi connectivity index (χ1n) is 6.77. The van der Waals surface area contributed by atoms with Crippen molar-refractivity contribution in [1.82, 2.24) is 4.90 Å². The molecular formula is C15H22BrNO. The van der Waals surface area contributed by atoms with Crippen LogP contribution in [0.2, 0.25) is 0 Å². The Kier molecular flexibility index (Phi) is 5.22. The summed E-state index contributed by atoms with van der Waals surface area (Å²) in [5, 5.41) is 10.0. The van der Waals surface area contributed by atoms with Crippen molar-refractivity contribution >= 4 is 15.9 Å². The summed E-state index contributed by atoms with van der Waals surface area (Å²) in [7, 11) is 2.14. The minimum absolute atomic E-state index is 0.0968. The molecule has 0 heterocycles. The largest absolute Gasteiger partial charge is 0.393 e. The molecule has 0 bridgehead atoms. The van der Waals surface area contributed by atoms with Crippen molar-refractivity contribution in [3.63, 3.8) is 0 Å². The number of rotatable bonds is 4. The number of halogens is 1. The molecule has 0 radical (unpaired) electrons. The molecule has 18 heavy (non-hydrogen) atoms. The first kappa shape index (κ1) is 14.0. The molecule has 0 aliphatic heterocycles. The highest BCUT2D eigenvalue weighted by atomic mass is 79.9. The Morgan fingerprint density at radius 1 is 1.28 bits per heavy atom. The van der Waals surface area contributed by atoms with E-state index in [-0.39, 0.29) is 6.10 Å². The zero-order valence-corrected chi connectivity index (χ0v) is 12.6. The van der Waals surface area contributed by atoms with E-state index >= 15 is 0 Å². The van der Waals surface area contributed by atoms with Crippen molar-refractivity contribution in [3.8, 4) is 0 Å². The lowest BCUT2D eigenvalue weighted by Gasteiger charge is -2.31. The molecule has 0 amide bonds. The molecule has 2 rings (SSSR count). The molecule has 2 atom stereocenters. The number of hydrogen-bond donors (Lipinski definition) is 1. The van der Waals surface area contributed by atoms with E-state index in [1.165, 1.54) is 29.3 Å². The average molecular weight is 312 g/mol. The SMILES string of the molecule is CN(Cc1ccccc1Br)CC1CCCCC1O. The van der Waals surface area contributed by atoms with Gasteiger partial charge in [0.1, 0.15) is 0 Å². The van der Waals surface area contributed by atoms with Crippen molar-refractivity contribution in [1.29, 1.82) is 0 Å². The average Bonchev–Trinajstić information content (AvgIpc) is 2.35. The van der Waals surface area contributed by atoms with Crippen molar-refractivity contribution in [3.05, 3.63) is 34.3 Å². The number of nitrogens with zero attached hydrogens (tertiary/aromatic N) is 1. The Bertz CT molecular complexity index is 383. The van der Waals surface area contributed by atoms with Crippen LogP contribution in [0.1, 0.15) is 31.2 Å². The molecule has 1 aliphatic rings. The third-order valence-electron chi connectivity index (χ3n) is 3.81. The van der Waals surface area contributed by atoms with Gasteiger partial charge in [0.2, 0.25) is 0 Å². The third-order valence-corrected chi connectivity index (χ3v) is 4.59. The van der Waals surface area contributed by atoms with Gasteiger partial charge in [-0.3, -0.25) is 0 Å². The van der Waals surface area contributed by atoms with Gasteiger partial charge in [0.15, 0.2) is 0 Å². The number of benzene rings is 1. The molecule has 1 aliphatic carbocycles. The van der Waals surface area contributed by atoms with Crippen molar-refractivity contribution < 1.29 is 5.11 Å². The van der Waals surface area contributed by atoms with E-state index in [2.05, 4.69) is 46.1 Å². The highest BCUT2D eigenvalue weighted by molar-refractivity contribution is 9.10. The number of aliphatic hydroxyl groups excluding tert-OH is 1. The van der Waals surface area contributed by atoms with Crippen molar-refractivity contribution in [2.45, 2.75) is 38.3 Å². The lowest BCUT2D eigenvalue weighted by atomic mass is 9.86. The molecule has 1 aromatic carbocycles. The Hall–Kier alpha value is -0.380. The van der Waals surface area contributed by atoms with Crippen LogP contribution in [-0.2, 0) is 6.54 Å². The third kappa shape index (κ3) is 3.81. The fourth-order valence-electron chi connectivity index (χ4n) is 2.78. The molecule has 1 fully saturated rings. The van der Waals surface area contributed by atoms with E-state index in [4.69, 9.17) is 0 Å². The molecule has 0 saturated heterocycles. The van der Waals surface area contributed by atoms with Crippen LogP contribution in [0.15, 0.2) is 28.7 Å². The first-order chi connectivity index (χ1) is 8.66. The summed E-state index contributed by atoms with van der Waals surface area (Å²) in [5.41, 5.74) is 1.31. The molecule has 1 N–H and O–H groups in total. The van der Waals surface area contributed by atoms with Crippen LogP contribution in [0.3, 0.4) is 0 Å². The summed E-state index contributed by atoms with van der Waals surface area (Å²) in [6.45, 7) is 1.92. The lowest BCUT2D eigenvalue weighted by Crippen LogP contribution is -2.34. The van der Waals surface area contributed by atoms with E-state index < -0.39 is 0 Å². The van der Waals surface area contributed by atoms with E-state index in [9.17, 15) is 5.11 Å². The quantitative estimate of drug-likeness (QED) is 0.921.